The lowest BCUT2D eigenvalue weighted by atomic mass is 9.64. The molecule has 6 nitrogen and oxygen atoms in total. The molecule has 0 saturated carbocycles. The molecule has 208 valence electrons. The van der Waals surface area contributed by atoms with Gasteiger partial charge in [0.05, 0.1) is 20.3 Å². The van der Waals surface area contributed by atoms with Crippen LogP contribution in [-0.2, 0) is 0 Å². The molecular formula is C36H29NO5. The molecule has 4 aromatic rings. The van der Waals surface area contributed by atoms with Gasteiger partial charge in [0, 0.05) is 28.3 Å². The van der Waals surface area contributed by atoms with Gasteiger partial charge < -0.3 is 14.4 Å². The molecule has 42 heavy (non-hydrogen) atoms. The molecule has 1 saturated heterocycles. The molecule has 0 unspecified atom stereocenters. The molecule has 7 rings (SSSR count). The minimum Gasteiger partial charge on any atom is -0.497 e. The number of Topliss-reactive ketones (excluding diaryl/α,β-unsaturated/α-hetero) is 3. The number of fused-ring (bicyclic) bond motifs is 5. The van der Waals surface area contributed by atoms with Crippen LogP contribution in [0.4, 0.5) is 5.69 Å². The topological polar surface area (TPSA) is 72.9 Å². The van der Waals surface area contributed by atoms with Gasteiger partial charge in [-0.3, -0.25) is 14.4 Å². The molecule has 0 radical (unpaired) electrons. The van der Waals surface area contributed by atoms with Gasteiger partial charge in [-0.1, -0.05) is 72.3 Å². The number of anilines is 1. The second-order valence-electron chi connectivity index (χ2n) is 11.1. The average molecular weight is 556 g/mol. The molecule has 2 aliphatic heterocycles. The minimum absolute atomic E-state index is 0.193. The van der Waals surface area contributed by atoms with Crippen molar-refractivity contribution in [3.63, 3.8) is 0 Å². The monoisotopic (exact) mass is 555 g/mol. The second kappa shape index (κ2) is 9.55. The van der Waals surface area contributed by atoms with Crippen molar-refractivity contribution in [2.45, 2.75) is 24.9 Å². The van der Waals surface area contributed by atoms with Crippen molar-refractivity contribution in [3.05, 3.63) is 130 Å². The fourth-order valence-electron chi connectivity index (χ4n) is 7.25. The number of aryl methyl sites for hydroxylation is 1. The molecule has 3 atom stereocenters. The zero-order chi connectivity index (χ0) is 29.2. The number of nitrogens with zero attached hydrogens (tertiary/aromatic N) is 1. The first kappa shape index (κ1) is 26.0. The van der Waals surface area contributed by atoms with E-state index in [0.717, 1.165) is 16.8 Å². The van der Waals surface area contributed by atoms with E-state index in [1.54, 1.807) is 62.8 Å². The first-order valence-electron chi connectivity index (χ1n) is 14.0. The molecule has 1 spiro atoms. The summed E-state index contributed by atoms with van der Waals surface area (Å²) in [6.07, 6.45) is 3.92. The second-order valence-corrected chi connectivity index (χ2v) is 11.1. The van der Waals surface area contributed by atoms with Gasteiger partial charge in [-0.25, -0.2) is 0 Å². The summed E-state index contributed by atoms with van der Waals surface area (Å²) in [5, 5.41) is 0. The Kier molecular flexibility index (Phi) is 5.91. The van der Waals surface area contributed by atoms with Gasteiger partial charge >= 0.3 is 0 Å². The Morgan fingerprint density at radius 2 is 1.45 bits per heavy atom. The number of hydrogen-bond acceptors (Lipinski definition) is 6. The highest BCUT2D eigenvalue weighted by atomic mass is 16.5. The van der Waals surface area contributed by atoms with Crippen molar-refractivity contribution >= 4 is 29.1 Å². The zero-order valence-corrected chi connectivity index (χ0v) is 23.5. The predicted molar refractivity (Wildman–Crippen MR) is 161 cm³/mol. The number of carbonyl (C=O) groups is 3. The molecule has 0 amide bonds. The summed E-state index contributed by atoms with van der Waals surface area (Å²) in [4.78, 5) is 46.4. The third kappa shape index (κ3) is 3.48. The van der Waals surface area contributed by atoms with Gasteiger partial charge in [0.2, 0.25) is 0 Å². The number of benzene rings is 4. The molecule has 0 bridgehead atoms. The smallest absolute Gasteiger partial charge is 0.186 e. The lowest BCUT2D eigenvalue weighted by Crippen LogP contribution is -2.48. The van der Waals surface area contributed by atoms with Crippen LogP contribution in [0.25, 0.3) is 6.08 Å². The van der Waals surface area contributed by atoms with Crippen molar-refractivity contribution in [2.24, 2.45) is 5.41 Å². The Hall–Kier alpha value is -4.97. The molecule has 3 aliphatic rings. The van der Waals surface area contributed by atoms with E-state index in [9.17, 15) is 14.4 Å². The summed E-state index contributed by atoms with van der Waals surface area (Å²) in [7, 11) is 3.14. The van der Waals surface area contributed by atoms with Crippen molar-refractivity contribution < 1.29 is 23.9 Å². The zero-order valence-electron chi connectivity index (χ0n) is 23.5. The standard InChI is InChI=1S/C36H29NO5/c1-21-14-16-29-22(18-21)15-17-30-36(34(39)27-12-4-5-13-28(27)35(36)40)31(23-8-6-10-25(19-23)41-2)32(37(29)30)33(38)24-9-7-11-26(20-24)42-3/h4-20,30-32H,1-3H3/t30-,31-,32+/m1/s1. The van der Waals surface area contributed by atoms with Crippen LogP contribution in [0.3, 0.4) is 0 Å². The van der Waals surface area contributed by atoms with E-state index in [4.69, 9.17) is 9.47 Å². The predicted octanol–water partition coefficient (Wildman–Crippen LogP) is 6.33. The summed E-state index contributed by atoms with van der Waals surface area (Å²) < 4.78 is 11.0. The van der Waals surface area contributed by atoms with E-state index in [-0.39, 0.29) is 17.3 Å². The average Bonchev–Trinajstić information content (AvgIpc) is 3.46. The van der Waals surface area contributed by atoms with Crippen molar-refractivity contribution in [1.82, 2.24) is 0 Å². The van der Waals surface area contributed by atoms with Gasteiger partial charge in [-0.05, 0) is 54.4 Å². The third-order valence-corrected chi connectivity index (χ3v) is 9.04. The van der Waals surface area contributed by atoms with E-state index >= 15 is 0 Å². The number of ether oxygens (including phenoxy) is 2. The highest BCUT2D eigenvalue weighted by Gasteiger charge is 2.71. The molecule has 4 aromatic carbocycles. The molecule has 1 aliphatic carbocycles. The summed E-state index contributed by atoms with van der Waals surface area (Å²) in [5.41, 5.74) is 3.20. The summed E-state index contributed by atoms with van der Waals surface area (Å²) in [5.74, 6) is -0.373. The largest absolute Gasteiger partial charge is 0.497 e. The lowest BCUT2D eigenvalue weighted by Gasteiger charge is -2.37. The van der Waals surface area contributed by atoms with Crippen LogP contribution in [0.2, 0.25) is 0 Å². The fraction of sp³-hybridized carbons (Fsp3) is 0.194. The van der Waals surface area contributed by atoms with Crippen LogP contribution >= 0.6 is 0 Å². The van der Waals surface area contributed by atoms with Crippen LogP contribution in [0.5, 0.6) is 11.5 Å². The van der Waals surface area contributed by atoms with Crippen LogP contribution in [0, 0.1) is 12.3 Å². The van der Waals surface area contributed by atoms with Crippen molar-refractivity contribution in [1.29, 1.82) is 0 Å². The number of methoxy groups -OCH3 is 2. The first-order valence-corrected chi connectivity index (χ1v) is 14.0. The Balaban J connectivity index is 1.55. The Bertz CT molecular complexity index is 1790. The van der Waals surface area contributed by atoms with E-state index < -0.39 is 23.4 Å². The van der Waals surface area contributed by atoms with Gasteiger partial charge in [-0.15, -0.1) is 0 Å². The van der Waals surface area contributed by atoms with Crippen LogP contribution < -0.4 is 14.4 Å². The van der Waals surface area contributed by atoms with Gasteiger partial charge in [0.1, 0.15) is 23.0 Å². The quantitative estimate of drug-likeness (QED) is 0.212. The highest BCUT2D eigenvalue weighted by Crippen LogP contribution is 2.61. The summed E-state index contributed by atoms with van der Waals surface area (Å²) in [6, 6.07) is 26.0. The number of rotatable bonds is 5. The van der Waals surface area contributed by atoms with E-state index in [2.05, 4.69) is 6.07 Å². The van der Waals surface area contributed by atoms with E-state index in [1.165, 1.54) is 0 Å². The minimum atomic E-state index is -1.56. The Morgan fingerprint density at radius 1 is 0.786 bits per heavy atom. The maximum absolute atomic E-state index is 14.8. The van der Waals surface area contributed by atoms with Crippen molar-refractivity contribution in [2.75, 3.05) is 19.1 Å². The number of ketones is 3. The summed E-state index contributed by atoms with van der Waals surface area (Å²) in [6.45, 7) is 2.02. The first-order chi connectivity index (χ1) is 20.4. The fourth-order valence-corrected chi connectivity index (χ4v) is 7.25. The molecule has 0 aromatic heterocycles. The molecule has 6 heteroatoms. The molecule has 2 heterocycles. The maximum atomic E-state index is 14.8. The third-order valence-electron chi connectivity index (χ3n) is 9.04. The van der Waals surface area contributed by atoms with Crippen LogP contribution in [-0.4, -0.2) is 43.7 Å². The lowest BCUT2D eigenvalue weighted by molar-refractivity contribution is 0.0665. The van der Waals surface area contributed by atoms with Crippen molar-refractivity contribution in [3.8, 4) is 11.5 Å². The number of hydrogen-bond donors (Lipinski definition) is 0. The number of carbonyl (C=O) groups excluding carboxylic acids is 3. The van der Waals surface area contributed by atoms with E-state index in [1.807, 2.05) is 60.4 Å². The summed E-state index contributed by atoms with van der Waals surface area (Å²) >= 11 is 0. The van der Waals surface area contributed by atoms with Crippen LogP contribution in [0.15, 0.2) is 97.1 Å². The molecule has 1 fully saturated rings. The van der Waals surface area contributed by atoms with Gasteiger partial charge in [-0.2, -0.15) is 0 Å². The van der Waals surface area contributed by atoms with E-state index in [0.29, 0.717) is 33.8 Å². The molecular weight excluding hydrogens is 526 g/mol. The normalized spacial score (nSPS) is 21.2. The van der Waals surface area contributed by atoms with Gasteiger partial charge in [0.15, 0.2) is 17.3 Å². The maximum Gasteiger partial charge on any atom is 0.186 e. The molecule has 0 N–H and O–H groups in total. The highest BCUT2D eigenvalue weighted by molar-refractivity contribution is 6.32. The Labute approximate surface area is 244 Å². The van der Waals surface area contributed by atoms with Crippen LogP contribution in [0.1, 0.15) is 53.7 Å². The Morgan fingerprint density at radius 3 is 2.14 bits per heavy atom. The van der Waals surface area contributed by atoms with Gasteiger partial charge in [0.25, 0.3) is 0 Å². The SMILES string of the molecule is COc1cccc(C(=O)[C@@H]2[C@@H](c3cccc(OC)c3)C3(C(=O)c4ccccc4C3=O)[C@H]3C=Cc4cc(C)ccc4N23)c1.